The molecule has 0 saturated heterocycles. The van der Waals surface area contributed by atoms with Gasteiger partial charge in [-0.1, -0.05) is 47.5 Å². The highest BCUT2D eigenvalue weighted by molar-refractivity contribution is 6.34. The van der Waals surface area contributed by atoms with Crippen molar-refractivity contribution in [2.24, 2.45) is 0 Å². The minimum atomic E-state index is 0.219. The van der Waals surface area contributed by atoms with Crippen molar-refractivity contribution in [3.8, 4) is 0 Å². The minimum absolute atomic E-state index is 0.219. The molecule has 0 amide bonds. The number of rotatable bonds is 1. The Morgan fingerprint density at radius 2 is 1.78 bits per heavy atom. The van der Waals surface area contributed by atoms with Gasteiger partial charge in [0.05, 0.1) is 0 Å². The average molecular weight is 279 g/mol. The van der Waals surface area contributed by atoms with E-state index >= 15 is 0 Å². The lowest BCUT2D eigenvalue weighted by atomic mass is 10.0. The van der Waals surface area contributed by atoms with Crippen molar-refractivity contribution in [1.82, 2.24) is 9.97 Å². The monoisotopic (exact) mass is 278 g/mol. The van der Waals surface area contributed by atoms with Crippen LogP contribution in [0.5, 0.6) is 0 Å². The van der Waals surface area contributed by atoms with Crippen LogP contribution in [0.15, 0.2) is 24.3 Å². The molecule has 2 nitrogen and oxygen atoms in total. The molecule has 1 atom stereocenters. The molecule has 1 aliphatic carbocycles. The fraction of sp³-hybridized carbons (Fsp3) is 0.286. The first-order valence-corrected chi connectivity index (χ1v) is 6.69. The Kier molecular flexibility index (Phi) is 3.00. The normalized spacial score (nSPS) is 17.8. The number of hydrogen-bond acceptors (Lipinski definition) is 2. The fourth-order valence-corrected chi connectivity index (χ4v) is 2.86. The number of benzene rings is 1. The summed E-state index contributed by atoms with van der Waals surface area (Å²) in [4.78, 5) is 8.77. The molecule has 1 aliphatic rings. The Hall–Kier alpha value is -1.12. The molecule has 0 saturated carbocycles. The SMILES string of the molecule is Cc1c(Cl)nc(C2CCc3ccccc32)nc1Cl. The van der Waals surface area contributed by atoms with Crippen LogP contribution in [0.4, 0.5) is 0 Å². The van der Waals surface area contributed by atoms with Crippen LogP contribution in [0, 0.1) is 6.92 Å². The summed E-state index contributed by atoms with van der Waals surface area (Å²) in [5, 5.41) is 0.906. The van der Waals surface area contributed by atoms with E-state index in [9.17, 15) is 0 Å². The van der Waals surface area contributed by atoms with Gasteiger partial charge < -0.3 is 0 Å². The molecule has 1 aromatic heterocycles. The molecule has 0 N–H and O–H groups in total. The van der Waals surface area contributed by atoms with Crippen LogP contribution >= 0.6 is 23.2 Å². The van der Waals surface area contributed by atoms with E-state index in [4.69, 9.17) is 23.2 Å². The second-order valence-electron chi connectivity index (χ2n) is 4.58. The lowest BCUT2D eigenvalue weighted by Gasteiger charge is -2.12. The summed E-state index contributed by atoms with van der Waals surface area (Å²) >= 11 is 12.2. The van der Waals surface area contributed by atoms with Crippen molar-refractivity contribution in [3.63, 3.8) is 0 Å². The summed E-state index contributed by atoms with van der Waals surface area (Å²) < 4.78 is 0. The molecule has 92 valence electrons. The first kappa shape index (κ1) is 11.9. The first-order chi connectivity index (χ1) is 8.66. The molecule has 0 aliphatic heterocycles. The van der Waals surface area contributed by atoms with Gasteiger partial charge >= 0.3 is 0 Å². The Balaban J connectivity index is 2.08. The molecule has 0 fully saturated rings. The minimum Gasteiger partial charge on any atom is -0.220 e. The molecule has 1 aromatic carbocycles. The summed E-state index contributed by atoms with van der Waals surface area (Å²) in [7, 11) is 0. The molecule has 18 heavy (non-hydrogen) atoms. The van der Waals surface area contributed by atoms with Gasteiger partial charge in [0.15, 0.2) is 0 Å². The van der Waals surface area contributed by atoms with E-state index in [1.807, 2.05) is 6.92 Å². The zero-order chi connectivity index (χ0) is 12.7. The van der Waals surface area contributed by atoms with Gasteiger partial charge in [-0.25, -0.2) is 9.97 Å². The maximum absolute atomic E-state index is 6.09. The van der Waals surface area contributed by atoms with Crippen LogP contribution < -0.4 is 0 Å². The summed E-state index contributed by atoms with van der Waals surface area (Å²) in [6.45, 7) is 1.83. The highest BCUT2D eigenvalue weighted by Crippen LogP contribution is 2.37. The highest BCUT2D eigenvalue weighted by Gasteiger charge is 2.26. The van der Waals surface area contributed by atoms with Crippen LogP contribution in [0.2, 0.25) is 10.3 Å². The lowest BCUT2D eigenvalue weighted by Crippen LogP contribution is -2.04. The molecular weight excluding hydrogens is 267 g/mol. The van der Waals surface area contributed by atoms with Crippen molar-refractivity contribution in [2.45, 2.75) is 25.7 Å². The van der Waals surface area contributed by atoms with Crippen molar-refractivity contribution >= 4 is 23.2 Å². The number of aryl methyl sites for hydroxylation is 1. The first-order valence-electron chi connectivity index (χ1n) is 5.94. The maximum atomic E-state index is 6.09. The molecule has 3 rings (SSSR count). The third-order valence-corrected chi connectivity index (χ3v) is 4.22. The fourth-order valence-electron chi connectivity index (χ4n) is 2.46. The highest BCUT2D eigenvalue weighted by atomic mass is 35.5. The van der Waals surface area contributed by atoms with Crippen molar-refractivity contribution in [2.75, 3.05) is 0 Å². The molecule has 1 heterocycles. The second kappa shape index (κ2) is 4.52. The van der Waals surface area contributed by atoms with Crippen LogP contribution in [0.3, 0.4) is 0 Å². The Labute approximate surface area is 116 Å². The van der Waals surface area contributed by atoms with E-state index in [1.165, 1.54) is 11.1 Å². The van der Waals surface area contributed by atoms with Crippen molar-refractivity contribution in [1.29, 1.82) is 0 Å². The van der Waals surface area contributed by atoms with E-state index < -0.39 is 0 Å². The van der Waals surface area contributed by atoms with Gasteiger partial charge in [0.25, 0.3) is 0 Å². The summed E-state index contributed by atoms with van der Waals surface area (Å²) in [6, 6.07) is 8.41. The number of fused-ring (bicyclic) bond motifs is 1. The predicted octanol–water partition coefficient (Wildman–Crippen LogP) is 4.17. The Morgan fingerprint density at radius 1 is 1.11 bits per heavy atom. The largest absolute Gasteiger partial charge is 0.220 e. The Bertz CT molecular complexity index is 587. The summed E-state index contributed by atoms with van der Waals surface area (Å²) in [5.41, 5.74) is 3.42. The third-order valence-electron chi connectivity index (χ3n) is 3.49. The molecule has 0 bridgehead atoms. The molecule has 1 unspecified atom stereocenters. The Morgan fingerprint density at radius 3 is 2.50 bits per heavy atom. The van der Waals surface area contributed by atoms with Gasteiger partial charge in [-0.15, -0.1) is 0 Å². The second-order valence-corrected chi connectivity index (χ2v) is 5.29. The number of nitrogens with zero attached hydrogens (tertiary/aromatic N) is 2. The topological polar surface area (TPSA) is 25.8 Å². The quantitative estimate of drug-likeness (QED) is 0.732. The smallest absolute Gasteiger partial charge is 0.139 e. The molecule has 0 radical (unpaired) electrons. The zero-order valence-corrected chi connectivity index (χ0v) is 11.5. The number of aromatic nitrogens is 2. The van der Waals surface area contributed by atoms with Crippen LogP contribution in [-0.2, 0) is 6.42 Å². The lowest BCUT2D eigenvalue weighted by molar-refractivity contribution is 0.727. The van der Waals surface area contributed by atoms with Crippen LogP contribution in [-0.4, -0.2) is 9.97 Å². The van der Waals surface area contributed by atoms with Gasteiger partial charge in [0.1, 0.15) is 16.1 Å². The summed E-state index contributed by atoms with van der Waals surface area (Å²) in [5.74, 6) is 0.956. The van der Waals surface area contributed by atoms with Gasteiger partial charge in [-0.05, 0) is 30.9 Å². The summed E-state index contributed by atoms with van der Waals surface area (Å²) in [6.07, 6.45) is 2.09. The molecular formula is C14H12Cl2N2. The van der Waals surface area contributed by atoms with E-state index in [1.54, 1.807) is 0 Å². The van der Waals surface area contributed by atoms with E-state index in [2.05, 4.69) is 34.2 Å². The zero-order valence-electron chi connectivity index (χ0n) is 9.95. The van der Waals surface area contributed by atoms with Crippen LogP contribution in [0.25, 0.3) is 0 Å². The van der Waals surface area contributed by atoms with E-state index in [0.29, 0.717) is 10.3 Å². The van der Waals surface area contributed by atoms with Crippen LogP contribution in [0.1, 0.15) is 34.9 Å². The van der Waals surface area contributed by atoms with E-state index in [0.717, 1.165) is 24.2 Å². The molecule has 0 spiro atoms. The van der Waals surface area contributed by atoms with Gasteiger partial charge in [0.2, 0.25) is 0 Å². The standard InChI is InChI=1S/C14H12Cl2N2/c1-8-12(15)17-14(18-13(8)16)11-7-6-9-4-2-3-5-10(9)11/h2-5,11H,6-7H2,1H3. The third kappa shape index (κ3) is 1.90. The van der Waals surface area contributed by atoms with Crippen molar-refractivity contribution < 1.29 is 0 Å². The molecule has 2 aromatic rings. The average Bonchev–Trinajstić information content (AvgIpc) is 2.79. The number of halogens is 2. The predicted molar refractivity (Wildman–Crippen MR) is 73.4 cm³/mol. The molecule has 4 heteroatoms. The van der Waals surface area contributed by atoms with Gasteiger partial charge in [-0.3, -0.25) is 0 Å². The number of hydrogen-bond donors (Lipinski definition) is 0. The van der Waals surface area contributed by atoms with Gasteiger partial charge in [0, 0.05) is 11.5 Å². The van der Waals surface area contributed by atoms with E-state index in [-0.39, 0.29) is 5.92 Å². The van der Waals surface area contributed by atoms with Gasteiger partial charge in [-0.2, -0.15) is 0 Å². The van der Waals surface area contributed by atoms with Crippen molar-refractivity contribution in [3.05, 3.63) is 57.1 Å². The maximum Gasteiger partial charge on any atom is 0.139 e.